The number of ether oxygens (including phenoxy) is 2. The zero-order chi connectivity index (χ0) is 22.9. The van der Waals surface area contributed by atoms with Gasteiger partial charge in [-0.25, -0.2) is 4.52 Å². The molecule has 0 aliphatic rings. The maximum atomic E-state index is 13.1. The van der Waals surface area contributed by atoms with Crippen molar-refractivity contribution in [2.75, 3.05) is 14.2 Å². The van der Waals surface area contributed by atoms with Crippen LogP contribution in [0.25, 0.3) is 28.2 Å². The number of nitrogens with zero attached hydrogens (tertiary/aromatic N) is 5. The van der Waals surface area contributed by atoms with Crippen molar-refractivity contribution in [1.82, 2.24) is 24.3 Å². The van der Waals surface area contributed by atoms with Gasteiger partial charge in [0, 0.05) is 29.6 Å². The Hall–Kier alpha value is -4.40. The number of rotatable bonds is 6. The van der Waals surface area contributed by atoms with Crippen molar-refractivity contribution < 1.29 is 14.0 Å². The van der Waals surface area contributed by atoms with E-state index in [2.05, 4.69) is 15.2 Å². The van der Waals surface area contributed by atoms with Gasteiger partial charge in [0.1, 0.15) is 23.6 Å². The molecule has 0 saturated heterocycles. The third kappa shape index (κ3) is 3.96. The Morgan fingerprint density at radius 1 is 0.939 bits per heavy atom. The normalized spacial score (nSPS) is 11.1. The number of benzene rings is 2. The summed E-state index contributed by atoms with van der Waals surface area (Å²) >= 11 is 0. The van der Waals surface area contributed by atoms with Gasteiger partial charge in [-0.2, -0.15) is 10.1 Å². The third-order valence-corrected chi connectivity index (χ3v) is 5.33. The first-order valence-corrected chi connectivity index (χ1v) is 10.3. The quantitative estimate of drug-likeness (QED) is 0.396. The molecule has 3 aromatic heterocycles. The largest absolute Gasteiger partial charge is 0.497 e. The number of fused-ring (bicyclic) bond motifs is 1. The summed E-state index contributed by atoms with van der Waals surface area (Å²) in [4.78, 5) is 17.5. The van der Waals surface area contributed by atoms with Gasteiger partial charge in [-0.05, 0) is 25.1 Å². The monoisotopic (exact) mass is 443 g/mol. The summed E-state index contributed by atoms with van der Waals surface area (Å²) in [5, 5.41) is 8.57. The summed E-state index contributed by atoms with van der Waals surface area (Å²) < 4.78 is 19.1. The van der Waals surface area contributed by atoms with E-state index in [1.807, 2.05) is 31.2 Å². The first kappa shape index (κ1) is 20.5. The summed E-state index contributed by atoms with van der Waals surface area (Å²) in [5.74, 6) is 1.91. The Morgan fingerprint density at radius 3 is 2.36 bits per heavy atom. The summed E-state index contributed by atoms with van der Waals surface area (Å²) in [5.41, 5.74) is 3.79. The molecule has 0 unspecified atom stereocenters. The molecule has 0 amide bonds. The second kappa shape index (κ2) is 8.27. The van der Waals surface area contributed by atoms with Gasteiger partial charge in [-0.1, -0.05) is 35.0 Å². The lowest BCUT2D eigenvalue weighted by molar-refractivity contribution is 0.370. The highest BCUT2D eigenvalue weighted by atomic mass is 16.5. The smallest absolute Gasteiger partial charge is 0.277 e. The second-order valence-corrected chi connectivity index (χ2v) is 7.57. The van der Waals surface area contributed by atoms with Crippen LogP contribution in [0.5, 0.6) is 11.5 Å². The van der Waals surface area contributed by atoms with E-state index in [0.29, 0.717) is 34.3 Å². The molecule has 0 bridgehead atoms. The Kier molecular flexibility index (Phi) is 5.14. The van der Waals surface area contributed by atoms with Gasteiger partial charge in [0.05, 0.1) is 19.9 Å². The molecule has 0 N–H and O–H groups in total. The number of methoxy groups -OCH3 is 2. The molecule has 33 heavy (non-hydrogen) atoms. The van der Waals surface area contributed by atoms with Crippen LogP contribution in [0.15, 0.2) is 70.2 Å². The van der Waals surface area contributed by atoms with Crippen LogP contribution < -0.4 is 15.0 Å². The summed E-state index contributed by atoms with van der Waals surface area (Å²) in [6, 6.07) is 15.1. The van der Waals surface area contributed by atoms with Crippen molar-refractivity contribution in [2.45, 2.75) is 13.5 Å². The van der Waals surface area contributed by atoms with Crippen molar-refractivity contribution in [1.29, 1.82) is 0 Å². The minimum absolute atomic E-state index is 0.133. The molecule has 0 saturated carbocycles. The van der Waals surface area contributed by atoms with E-state index in [0.717, 1.165) is 16.8 Å². The van der Waals surface area contributed by atoms with Crippen LogP contribution in [-0.2, 0) is 6.54 Å². The first-order chi connectivity index (χ1) is 16.0. The Balaban J connectivity index is 1.44. The Labute approximate surface area is 188 Å². The van der Waals surface area contributed by atoms with Crippen LogP contribution in [0.4, 0.5) is 0 Å². The van der Waals surface area contributed by atoms with Gasteiger partial charge >= 0.3 is 0 Å². The topological polar surface area (TPSA) is 96.7 Å². The van der Waals surface area contributed by atoms with Crippen molar-refractivity contribution in [3.05, 3.63) is 82.7 Å². The minimum atomic E-state index is -0.203. The molecule has 5 rings (SSSR count). The summed E-state index contributed by atoms with van der Waals surface area (Å²) in [6.45, 7) is 2.16. The number of aromatic nitrogens is 5. The predicted molar refractivity (Wildman–Crippen MR) is 122 cm³/mol. The van der Waals surface area contributed by atoms with Gasteiger partial charge in [0.2, 0.25) is 11.7 Å². The predicted octanol–water partition coefficient (Wildman–Crippen LogP) is 3.59. The molecular weight excluding hydrogens is 422 g/mol. The fourth-order valence-electron chi connectivity index (χ4n) is 3.53. The van der Waals surface area contributed by atoms with E-state index in [1.165, 1.54) is 4.57 Å². The van der Waals surface area contributed by atoms with E-state index >= 15 is 0 Å². The highest BCUT2D eigenvalue weighted by Crippen LogP contribution is 2.28. The van der Waals surface area contributed by atoms with Crippen molar-refractivity contribution in [2.24, 2.45) is 0 Å². The zero-order valence-electron chi connectivity index (χ0n) is 18.3. The van der Waals surface area contributed by atoms with Crippen LogP contribution in [0.2, 0.25) is 0 Å². The zero-order valence-corrected chi connectivity index (χ0v) is 18.3. The molecule has 0 aliphatic carbocycles. The van der Waals surface area contributed by atoms with E-state index < -0.39 is 0 Å². The first-order valence-electron chi connectivity index (χ1n) is 10.3. The molecule has 0 radical (unpaired) electrons. The third-order valence-electron chi connectivity index (χ3n) is 5.33. The van der Waals surface area contributed by atoms with Crippen molar-refractivity contribution in [3.63, 3.8) is 0 Å². The van der Waals surface area contributed by atoms with E-state index in [4.69, 9.17) is 14.0 Å². The van der Waals surface area contributed by atoms with Crippen LogP contribution in [0.3, 0.4) is 0 Å². The SMILES string of the molecule is COc1cc(OC)cc(-c2noc(Cn3ccn4nc(-c5ccc(C)cc5)cc4c3=O)n2)c1. The fourth-order valence-corrected chi connectivity index (χ4v) is 3.53. The number of hydrogen-bond donors (Lipinski definition) is 0. The second-order valence-electron chi connectivity index (χ2n) is 7.57. The van der Waals surface area contributed by atoms with Crippen molar-refractivity contribution in [3.8, 4) is 34.1 Å². The molecule has 0 atom stereocenters. The lowest BCUT2D eigenvalue weighted by Crippen LogP contribution is -2.21. The molecule has 0 spiro atoms. The Bertz CT molecular complexity index is 1480. The standard InChI is InChI=1S/C24H21N5O4/c1-15-4-6-16(7-5-15)20-13-21-24(30)28(8-9-29(21)26-20)14-22-25-23(27-33-22)17-10-18(31-2)12-19(11-17)32-3/h4-13H,14H2,1-3H3. The molecule has 9 heteroatoms. The minimum Gasteiger partial charge on any atom is -0.497 e. The maximum Gasteiger partial charge on any atom is 0.277 e. The van der Waals surface area contributed by atoms with Crippen LogP contribution in [0.1, 0.15) is 11.5 Å². The van der Waals surface area contributed by atoms with Crippen molar-refractivity contribution >= 4 is 5.52 Å². The average molecular weight is 443 g/mol. The van der Waals surface area contributed by atoms with Crippen LogP contribution >= 0.6 is 0 Å². The lowest BCUT2D eigenvalue weighted by Gasteiger charge is -2.05. The molecule has 5 aromatic rings. The van der Waals surface area contributed by atoms with Crippen LogP contribution in [0, 0.1) is 6.92 Å². The fraction of sp³-hybridized carbons (Fsp3) is 0.167. The number of hydrogen-bond acceptors (Lipinski definition) is 7. The highest BCUT2D eigenvalue weighted by Gasteiger charge is 2.14. The highest BCUT2D eigenvalue weighted by molar-refractivity contribution is 5.65. The molecule has 2 aromatic carbocycles. The molecule has 3 heterocycles. The maximum absolute atomic E-state index is 13.1. The van der Waals surface area contributed by atoms with Gasteiger partial charge in [-0.15, -0.1) is 0 Å². The van der Waals surface area contributed by atoms with E-state index in [-0.39, 0.29) is 12.1 Å². The van der Waals surface area contributed by atoms with E-state index in [9.17, 15) is 4.79 Å². The molecule has 0 aliphatic heterocycles. The number of aryl methyl sites for hydroxylation is 1. The van der Waals surface area contributed by atoms with Gasteiger partial charge in [0.25, 0.3) is 5.56 Å². The van der Waals surface area contributed by atoms with Crippen LogP contribution in [-0.4, -0.2) is 38.5 Å². The molecule has 9 nitrogen and oxygen atoms in total. The van der Waals surface area contributed by atoms with Gasteiger partial charge in [-0.3, -0.25) is 4.79 Å². The average Bonchev–Trinajstić information content (AvgIpc) is 3.49. The van der Waals surface area contributed by atoms with Gasteiger partial charge in [0.15, 0.2) is 0 Å². The summed E-state index contributed by atoms with van der Waals surface area (Å²) in [6.07, 6.45) is 3.39. The van der Waals surface area contributed by atoms with Gasteiger partial charge < -0.3 is 18.6 Å². The molecular formula is C24H21N5O4. The molecule has 166 valence electrons. The Morgan fingerprint density at radius 2 is 1.67 bits per heavy atom. The summed E-state index contributed by atoms with van der Waals surface area (Å²) in [7, 11) is 3.15. The lowest BCUT2D eigenvalue weighted by atomic mass is 10.1. The van der Waals surface area contributed by atoms with E-state index in [1.54, 1.807) is 55.4 Å². The molecule has 0 fully saturated rings.